The summed E-state index contributed by atoms with van der Waals surface area (Å²) >= 11 is 0. The minimum absolute atomic E-state index is 0.144. The van der Waals surface area contributed by atoms with Crippen molar-refractivity contribution >= 4 is 0 Å². The first-order valence-electron chi connectivity index (χ1n) is 9.97. The predicted molar refractivity (Wildman–Crippen MR) is 102 cm³/mol. The molecule has 1 N–H and O–H groups in total. The quantitative estimate of drug-likeness (QED) is 0.608. The van der Waals surface area contributed by atoms with Gasteiger partial charge in [0.2, 0.25) is 0 Å². The van der Waals surface area contributed by atoms with Gasteiger partial charge in [-0.1, -0.05) is 53.9 Å². The second-order valence-electron chi connectivity index (χ2n) is 8.45. The molecule has 0 aliphatic carbocycles. The van der Waals surface area contributed by atoms with Gasteiger partial charge >= 0.3 is 0 Å². The van der Waals surface area contributed by atoms with Gasteiger partial charge < -0.3 is 14.8 Å². The van der Waals surface area contributed by atoms with Gasteiger partial charge in [0.15, 0.2) is 0 Å². The fraction of sp³-hybridized carbons (Fsp3) is 1.00. The molecule has 24 heavy (non-hydrogen) atoms. The highest BCUT2D eigenvalue weighted by atomic mass is 16.5. The zero-order chi connectivity index (χ0) is 18.2. The van der Waals surface area contributed by atoms with Gasteiger partial charge in [-0.15, -0.1) is 0 Å². The minimum Gasteiger partial charge on any atom is -0.379 e. The predicted octanol–water partition coefficient (Wildman–Crippen LogP) is 4.04. The number of hydrogen-bond donors (Lipinski definition) is 1. The van der Waals surface area contributed by atoms with E-state index in [2.05, 4.69) is 51.8 Å². The van der Waals surface area contributed by atoms with Crippen molar-refractivity contribution in [1.29, 1.82) is 0 Å². The Labute approximate surface area is 150 Å². The molecule has 4 nitrogen and oxygen atoms in total. The van der Waals surface area contributed by atoms with Gasteiger partial charge in [-0.25, -0.2) is 0 Å². The molecule has 1 aliphatic heterocycles. The van der Waals surface area contributed by atoms with Gasteiger partial charge in [-0.05, 0) is 25.2 Å². The standard InChI is InChI=1S/C20H42N2O2/c1-8-10-11-12-17-19(24-15-16(3)23-7)22(13-9-2)14-18(21-17)20(4,5)6/h16-19,21H,8-15H2,1-7H3. The van der Waals surface area contributed by atoms with Crippen LogP contribution in [0.2, 0.25) is 0 Å². The third-order valence-electron chi connectivity index (χ3n) is 5.12. The molecule has 4 unspecified atom stereocenters. The molecule has 1 fully saturated rings. The first-order chi connectivity index (χ1) is 11.3. The molecule has 0 amide bonds. The zero-order valence-electron chi connectivity index (χ0n) is 17.2. The van der Waals surface area contributed by atoms with Crippen LogP contribution in [-0.4, -0.2) is 56.1 Å². The molecule has 0 radical (unpaired) electrons. The van der Waals surface area contributed by atoms with Crippen LogP contribution in [0.5, 0.6) is 0 Å². The SMILES string of the molecule is CCCCCC1NC(C(C)(C)C)CN(CCC)C1OCC(C)OC. The molecule has 1 saturated heterocycles. The summed E-state index contributed by atoms with van der Waals surface area (Å²) in [7, 11) is 1.76. The summed E-state index contributed by atoms with van der Waals surface area (Å²) in [5.74, 6) is 0. The molecule has 4 atom stereocenters. The average Bonchev–Trinajstić information content (AvgIpc) is 2.53. The van der Waals surface area contributed by atoms with E-state index in [9.17, 15) is 0 Å². The van der Waals surface area contributed by atoms with Crippen LogP contribution >= 0.6 is 0 Å². The van der Waals surface area contributed by atoms with E-state index in [-0.39, 0.29) is 17.7 Å². The molecule has 0 saturated carbocycles. The van der Waals surface area contributed by atoms with E-state index >= 15 is 0 Å². The maximum Gasteiger partial charge on any atom is 0.126 e. The van der Waals surface area contributed by atoms with Crippen LogP contribution in [-0.2, 0) is 9.47 Å². The van der Waals surface area contributed by atoms with Crippen LogP contribution in [0.1, 0.15) is 73.6 Å². The lowest BCUT2D eigenvalue weighted by atomic mass is 9.83. The average molecular weight is 343 g/mol. The normalized spacial score (nSPS) is 27.4. The van der Waals surface area contributed by atoms with Crippen molar-refractivity contribution in [3.63, 3.8) is 0 Å². The van der Waals surface area contributed by atoms with Gasteiger partial charge in [0.1, 0.15) is 6.23 Å². The van der Waals surface area contributed by atoms with Gasteiger partial charge in [-0.3, -0.25) is 4.90 Å². The molecule has 0 bridgehead atoms. The molecule has 1 rings (SSSR count). The summed E-state index contributed by atoms with van der Waals surface area (Å²) in [6.45, 7) is 16.4. The van der Waals surface area contributed by atoms with Crippen molar-refractivity contribution in [1.82, 2.24) is 10.2 Å². The lowest BCUT2D eigenvalue weighted by molar-refractivity contribution is -0.134. The Balaban J connectivity index is 2.83. The Hall–Kier alpha value is -0.160. The summed E-state index contributed by atoms with van der Waals surface area (Å²) in [5, 5.41) is 3.93. The van der Waals surface area contributed by atoms with Crippen LogP contribution in [0.3, 0.4) is 0 Å². The summed E-state index contributed by atoms with van der Waals surface area (Å²) < 4.78 is 11.7. The van der Waals surface area contributed by atoms with Gasteiger partial charge in [-0.2, -0.15) is 0 Å². The number of rotatable bonds is 10. The molecular formula is C20H42N2O2. The zero-order valence-corrected chi connectivity index (χ0v) is 17.2. The number of unbranched alkanes of at least 4 members (excludes halogenated alkanes) is 2. The monoisotopic (exact) mass is 342 g/mol. The summed E-state index contributed by atoms with van der Waals surface area (Å²) in [6, 6.07) is 0.917. The van der Waals surface area contributed by atoms with Crippen molar-refractivity contribution in [2.24, 2.45) is 5.41 Å². The van der Waals surface area contributed by atoms with Crippen molar-refractivity contribution < 1.29 is 9.47 Å². The third-order valence-corrected chi connectivity index (χ3v) is 5.12. The fourth-order valence-corrected chi connectivity index (χ4v) is 3.38. The Morgan fingerprint density at radius 3 is 2.42 bits per heavy atom. The maximum absolute atomic E-state index is 6.34. The minimum atomic E-state index is 0.144. The second-order valence-corrected chi connectivity index (χ2v) is 8.45. The Kier molecular flexibility index (Phi) is 9.80. The van der Waals surface area contributed by atoms with Crippen molar-refractivity contribution in [3.8, 4) is 0 Å². The molecule has 144 valence electrons. The number of nitrogens with one attached hydrogen (secondary N) is 1. The highest BCUT2D eigenvalue weighted by Crippen LogP contribution is 2.28. The van der Waals surface area contributed by atoms with Gasteiger partial charge in [0, 0.05) is 32.3 Å². The molecule has 0 aromatic carbocycles. The Morgan fingerprint density at radius 2 is 1.88 bits per heavy atom. The van der Waals surface area contributed by atoms with Crippen LogP contribution in [0.15, 0.2) is 0 Å². The van der Waals surface area contributed by atoms with Crippen LogP contribution in [0, 0.1) is 5.41 Å². The molecular weight excluding hydrogens is 300 g/mol. The first kappa shape index (κ1) is 21.9. The van der Waals surface area contributed by atoms with E-state index in [1.165, 1.54) is 25.7 Å². The molecule has 4 heteroatoms. The topological polar surface area (TPSA) is 33.7 Å². The number of hydrogen-bond acceptors (Lipinski definition) is 4. The summed E-state index contributed by atoms with van der Waals surface area (Å²) in [5.41, 5.74) is 0.264. The van der Waals surface area contributed by atoms with Crippen LogP contribution < -0.4 is 5.32 Å². The highest BCUT2D eigenvalue weighted by Gasteiger charge is 2.39. The maximum atomic E-state index is 6.34. The molecule has 1 aliphatic rings. The summed E-state index contributed by atoms with van der Waals surface area (Å²) in [6.07, 6.45) is 6.49. The third kappa shape index (κ3) is 6.99. The van der Waals surface area contributed by atoms with E-state index in [4.69, 9.17) is 9.47 Å². The van der Waals surface area contributed by atoms with Crippen molar-refractivity contribution in [3.05, 3.63) is 0 Å². The van der Waals surface area contributed by atoms with E-state index in [0.717, 1.165) is 19.5 Å². The number of piperazine rings is 1. The molecule has 0 spiro atoms. The van der Waals surface area contributed by atoms with E-state index in [1.54, 1.807) is 7.11 Å². The Morgan fingerprint density at radius 1 is 1.17 bits per heavy atom. The van der Waals surface area contributed by atoms with Crippen LogP contribution in [0.25, 0.3) is 0 Å². The smallest absolute Gasteiger partial charge is 0.126 e. The second kappa shape index (κ2) is 10.7. The number of nitrogens with zero attached hydrogens (tertiary/aromatic N) is 1. The van der Waals surface area contributed by atoms with Gasteiger partial charge in [0.05, 0.1) is 12.7 Å². The lowest BCUT2D eigenvalue weighted by Gasteiger charge is -2.49. The molecule has 0 aromatic heterocycles. The highest BCUT2D eigenvalue weighted by molar-refractivity contribution is 4.94. The lowest BCUT2D eigenvalue weighted by Crippen LogP contribution is -2.66. The van der Waals surface area contributed by atoms with Crippen LogP contribution in [0.4, 0.5) is 0 Å². The number of ether oxygens (including phenoxy) is 2. The van der Waals surface area contributed by atoms with Gasteiger partial charge in [0.25, 0.3) is 0 Å². The molecule has 0 aromatic rings. The van der Waals surface area contributed by atoms with E-state index in [1.807, 2.05) is 0 Å². The molecule has 1 heterocycles. The van der Waals surface area contributed by atoms with Crippen molar-refractivity contribution in [2.45, 2.75) is 98.1 Å². The van der Waals surface area contributed by atoms with E-state index in [0.29, 0.717) is 18.7 Å². The summed E-state index contributed by atoms with van der Waals surface area (Å²) in [4.78, 5) is 2.56. The first-order valence-corrected chi connectivity index (χ1v) is 9.97. The van der Waals surface area contributed by atoms with E-state index < -0.39 is 0 Å². The Bertz CT molecular complexity index is 330. The largest absolute Gasteiger partial charge is 0.379 e. The fourth-order valence-electron chi connectivity index (χ4n) is 3.38. The number of methoxy groups -OCH3 is 1. The van der Waals surface area contributed by atoms with Crippen molar-refractivity contribution in [2.75, 3.05) is 26.8 Å².